The summed E-state index contributed by atoms with van der Waals surface area (Å²) in [4.78, 5) is 4.22. The van der Waals surface area contributed by atoms with Gasteiger partial charge in [0, 0.05) is 19.6 Å². The Morgan fingerprint density at radius 1 is 1.29 bits per heavy atom. The summed E-state index contributed by atoms with van der Waals surface area (Å²) in [7, 11) is 0. The Morgan fingerprint density at radius 3 is 2.82 bits per heavy atom. The molecule has 1 aliphatic rings. The lowest BCUT2D eigenvalue weighted by molar-refractivity contribution is 0.0497. The third-order valence-corrected chi connectivity index (χ3v) is 2.62. The van der Waals surface area contributed by atoms with E-state index in [1.807, 2.05) is 12.4 Å². The zero-order chi connectivity index (χ0) is 11.9. The lowest BCUT2D eigenvalue weighted by atomic mass is 10.3. The van der Waals surface area contributed by atoms with Crippen molar-refractivity contribution in [1.29, 1.82) is 0 Å². The van der Waals surface area contributed by atoms with Gasteiger partial charge in [-0.2, -0.15) is 0 Å². The predicted molar refractivity (Wildman–Crippen MR) is 69.0 cm³/mol. The van der Waals surface area contributed by atoms with Crippen LogP contribution in [0.5, 0.6) is 0 Å². The van der Waals surface area contributed by atoms with E-state index in [-0.39, 0.29) is 0 Å². The van der Waals surface area contributed by atoms with E-state index < -0.39 is 0 Å². The molecule has 1 fully saturated rings. The fraction of sp³-hybridized carbons (Fsp3) is 0.583. The van der Waals surface area contributed by atoms with Crippen LogP contribution in [-0.4, -0.2) is 42.8 Å². The largest absolute Gasteiger partial charge is 0.384 e. The highest BCUT2D eigenvalue weighted by Gasteiger charge is 2.09. The molecule has 1 aliphatic heterocycles. The minimum Gasteiger partial charge on any atom is -0.384 e. The first-order chi connectivity index (χ1) is 8.38. The molecular formula is C12H20N4O. The topological polar surface area (TPSA) is 49.4 Å². The maximum absolute atomic E-state index is 5.30. The Bertz CT molecular complexity index is 339. The number of nitrogens with one attached hydrogen (secondary N) is 2. The van der Waals surface area contributed by atoms with Gasteiger partial charge in [0.1, 0.15) is 0 Å². The highest BCUT2D eigenvalue weighted by Crippen LogP contribution is 2.14. The summed E-state index contributed by atoms with van der Waals surface area (Å²) in [5.74, 6) is 0. The Morgan fingerprint density at radius 2 is 2.06 bits per heavy atom. The van der Waals surface area contributed by atoms with E-state index in [0.29, 0.717) is 0 Å². The van der Waals surface area contributed by atoms with Crippen LogP contribution < -0.4 is 10.7 Å². The summed E-state index contributed by atoms with van der Waals surface area (Å²) < 4.78 is 5.30. The van der Waals surface area contributed by atoms with Crippen LogP contribution in [0.4, 0.5) is 11.4 Å². The number of hydrazine groups is 1. The number of rotatable bonds is 5. The average molecular weight is 236 g/mol. The minimum absolute atomic E-state index is 0.786. The second kappa shape index (κ2) is 6.42. The van der Waals surface area contributed by atoms with Gasteiger partial charge in [-0.15, -0.1) is 0 Å². The van der Waals surface area contributed by atoms with Crippen LogP contribution in [0.25, 0.3) is 0 Å². The van der Waals surface area contributed by atoms with Crippen molar-refractivity contribution in [3.63, 3.8) is 0 Å². The van der Waals surface area contributed by atoms with E-state index in [9.17, 15) is 0 Å². The lowest BCUT2D eigenvalue weighted by Crippen LogP contribution is -2.40. The van der Waals surface area contributed by atoms with E-state index in [1.165, 1.54) is 0 Å². The summed E-state index contributed by atoms with van der Waals surface area (Å²) in [6, 6.07) is 2.08. The van der Waals surface area contributed by atoms with Gasteiger partial charge in [-0.1, -0.05) is 6.92 Å². The molecule has 1 saturated heterocycles. The summed E-state index contributed by atoms with van der Waals surface area (Å²) in [5.41, 5.74) is 5.43. The quantitative estimate of drug-likeness (QED) is 0.812. The number of hydrogen-bond donors (Lipinski definition) is 2. The van der Waals surface area contributed by atoms with Gasteiger partial charge in [0.05, 0.1) is 37.0 Å². The molecule has 94 valence electrons. The lowest BCUT2D eigenvalue weighted by Gasteiger charge is -2.27. The number of nitrogens with zero attached hydrogens (tertiary/aromatic N) is 2. The van der Waals surface area contributed by atoms with Gasteiger partial charge in [0.15, 0.2) is 0 Å². The van der Waals surface area contributed by atoms with Crippen LogP contribution in [0.1, 0.15) is 13.3 Å². The van der Waals surface area contributed by atoms with Crippen molar-refractivity contribution in [3.8, 4) is 0 Å². The standard InChI is InChI=1S/C12H20N4O/c1-2-3-14-11-8-12(10-13-9-11)15-16-4-6-17-7-5-16/h8-10,14-15H,2-7H2,1H3. The van der Waals surface area contributed by atoms with Gasteiger partial charge in [-0.25, -0.2) is 5.01 Å². The monoisotopic (exact) mass is 236 g/mol. The van der Waals surface area contributed by atoms with Crippen molar-refractivity contribution in [1.82, 2.24) is 9.99 Å². The Labute approximate surface area is 102 Å². The molecule has 0 bridgehead atoms. The second-order valence-corrected chi connectivity index (χ2v) is 4.10. The van der Waals surface area contributed by atoms with Crippen LogP contribution in [0.3, 0.4) is 0 Å². The van der Waals surface area contributed by atoms with Crippen molar-refractivity contribution < 1.29 is 4.74 Å². The molecule has 2 heterocycles. The molecule has 1 aromatic rings. The van der Waals surface area contributed by atoms with E-state index in [1.54, 1.807) is 0 Å². The molecule has 0 spiro atoms. The highest BCUT2D eigenvalue weighted by atomic mass is 16.5. The Balaban J connectivity index is 1.90. The van der Waals surface area contributed by atoms with Crippen molar-refractivity contribution >= 4 is 11.4 Å². The predicted octanol–water partition coefficient (Wildman–Crippen LogP) is 1.56. The second-order valence-electron chi connectivity index (χ2n) is 4.10. The first kappa shape index (κ1) is 12.1. The summed E-state index contributed by atoms with van der Waals surface area (Å²) in [6.07, 6.45) is 4.80. The number of anilines is 2. The first-order valence-electron chi connectivity index (χ1n) is 6.17. The molecule has 2 rings (SSSR count). The summed E-state index contributed by atoms with van der Waals surface area (Å²) >= 11 is 0. The minimum atomic E-state index is 0.786. The number of pyridine rings is 1. The van der Waals surface area contributed by atoms with E-state index >= 15 is 0 Å². The molecule has 0 atom stereocenters. The molecule has 0 saturated carbocycles. The number of ether oxygens (including phenoxy) is 1. The van der Waals surface area contributed by atoms with Crippen molar-refractivity contribution in [3.05, 3.63) is 18.5 Å². The molecule has 0 aromatic carbocycles. The summed E-state index contributed by atoms with van der Waals surface area (Å²) in [6.45, 7) is 6.51. The molecular weight excluding hydrogens is 216 g/mol. The molecule has 1 aromatic heterocycles. The molecule has 0 amide bonds. The molecule has 0 unspecified atom stereocenters. The average Bonchev–Trinajstić information content (AvgIpc) is 2.38. The molecule has 5 nitrogen and oxygen atoms in total. The van der Waals surface area contributed by atoms with Crippen LogP contribution in [0.15, 0.2) is 18.5 Å². The maximum Gasteiger partial charge on any atom is 0.0694 e. The number of aromatic nitrogens is 1. The van der Waals surface area contributed by atoms with Crippen molar-refractivity contribution in [2.24, 2.45) is 0 Å². The van der Waals surface area contributed by atoms with Crippen LogP contribution >= 0.6 is 0 Å². The van der Waals surface area contributed by atoms with Crippen LogP contribution in [0.2, 0.25) is 0 Å². The maximum atomic E-state index is 5.30. The van der Waals surface area contributed by atoms with E-state index in [0.717, 1.165) is 50.6 Å². The fourth-order valence-electron chi connectivity index (χ4n) is 1.72. The Hall–Kier alpha value is -1.33. The molecule has 0 aliphatic carbocycles. The van der Waals surface area contributed by atoms with E-state index in [4.69, 9.17) is 4.74 Å². The summed E-state index contributed by atoms with van der Waals surface area (Å²) in [5, 5.41) is 5.48. The van der Waals surface area contributed by atoms with Gasteiger partial charge in [-0.05, 0) is 12.5 Å². The van der Waals surface area contributed by atoms with E-state index in [2.05, 4.69) is 33.7 Å². The van der Waals surface area contributed by atoms with Gasteiger partial charge in [-0.3, -0.25) is 4.98 Å². The number of morpholine rings is 1. The molecule has 0 radical (unpaired) electrons. The Kier molecular flexibility index (Phi) is 4.58. The molecule has 2 N–H and O–H groups in total. The van der Waals surface area contributed by atoms with Gasteiger partial charge >= 0.3 is 0 Å². The van der Waals surface area contributed by atoms with Crippen molar-refractivity contribution in [2.75, 3.05) is 43.6 Å². The van der Waals surface area contributed by atoms with Gasteiger partial charge < -0.3 is 15.5 Å². The molecule has 17 heavy (non-hydrogen) atoms. The third kappa shape index (κ3) is 3.87. The molecule has 5 heteroatoms. The van der Waals surface area contributed by atoms with Crippen molar-refractivity contribution in [2.45, 2.75) is 13.3 Å². The van der Waals surface area contributed by atoms with Gasteiger partial charge in [0.25, 0.3) is 0 Å². The zero-order valence-corrected chi connectivity index (χ0v) is 10.3. The van der Waals surface area contributed by atoms with Crippen LogP contribution in [-0.2, 0) is 4.74 Å². The fourth-order valence-corrected chi connectivity index (χ4v) is 1.72. The highest BCUT2D eigenvalue weighted by molar-refractivity contribution is 5.53. The smallest absolute Gasteiger partial charge is 0.0694 e. The van der Waals surface area contributed by atoms with Crippen LogP contribution in [0, 0.1) is 0 Å². The normalized spacial score (nSPS) is 16.8. The van der Waals surface area contributed by atoms with Gasteiger partial charge in [0.2, 0.25) is 0 Å². The zero-order valence-electron chi connectivity index (χ0n) is 10.3. The first-order valence-corrected chi connectivity index (χ1v) is 6.17. The SMILES string of the molecule is CCCNc1cncc(NN2CCOCC2)c1. The number of hydrogen-bond acceptors (Lipinski definition) is 5. The third-order valence-electron chi connectivity index (χ3n) is 2.62.